The fraction of sp³-hybridized carbons (Fsp3) is 0.857. The van der Waals surface area contributed by atoms with Gasteiger partial charge in [-0.1, -0.05) is 20.3 Å². The molecular formula is C14H24O4. The molecule has 0 spiro atoms. The third kappa shape index (κ3) is 3.24. The second kappa shape index (κ2) is 6.21. The van der Waals surface area contributed by atoms with E-state index in [0.29, 0.717) is 19.6 Å². The summed E-state index contributed by atoms with van der Waals surface area (Å²) in [6, 6.07) is 0. The molecule has 1 saturated carbocycles. The minimum absolute atomic E-state index is 0.206. The van der Waals surface area contributed by atoms with E-state index < -0.39 is 0 Å². The Labute approximate surface area is 109 Å². The monoisotopic (exact) mass is 256 g/mol. The molecule has 0 N–H and O–H groups in total. The number of esters is 2. The van der Waals surface area contributed by atoms with Gasteiger partial charge in [0.1, 0.15) is 0 Å². The summed E-state index contributed by atoms with van der Waals surface area (Å²) in [5.74, 6) is -1.26. The van der Waals surface area contributed by atoms with Crippen LogP contribution in [-0.2, 0) is 19.1 Å². The highest BCUT2D eigenvalue weighted by Crippen LogP contribution is 2.45. The first-order valence-electron chi connectivity index (χ1n) is 6.77. The van der Waals surface area contributed by atoms with E-state index in [0.717, 1.165) is 12.8 Å². The van der Waals surface area contributed by atoms with Crippen LogP contribution in [0.15, 0.2) is 0 Å². The standard InChI is InChI=1S/C14H24O4/c1-5-17-12(15)10-8-7-9-14(3,4)11(10)13(16)18-6-2/h10-11H,5-9H2,1-4H3. The highest BCUT2D eigenvalue weighted by Gasteiger charge is 2.48. The van der Waals surface area contributed by atoms with Crippen molar-refractivity contribution in [2.75, 3.05) is 13.2 Å². The summed E-state index contributed by atoms with van der Waals surface area (Å²) in [5, 5.41) is 0. The highest BCUT2D eigenvalue weighted by atomic mass is 16.5. The first-order valence-corrected chi connectivity index (χ1v) is 6.77. The Morgan fingerprint density at radius 1 is 1.11 bits per heavy atom. The number of hydrogen-bond acceptors (Lipinski definition) is 4. The molecule has 4 heteroatoms. The number of hydrogen-bond donors (Lipinski definition) is 0. The summed E-state index contributed by atoms with van der Waals surface area (Å²) in [6.07, 6.45) is 2.60. The Kier molecular flexibility index (Phi) is 5.17. The van der Waals surface area contributed by atoms with Crippen molar-refractivity contribution in [2.45, 2.75) is 47.0 Å². The molecule has 0 aromatic heterocycles. The summed E-state index contributed by atoms with van der Waals surface area (Å²) >= 11 is 0. The lowest BCUT2D eigenvalue weighted by molar-refractivity contribution is -0.168. The van der Waals surface area contributed by atoms with Crippen molar-refractivity contribution in [1.82, 2.24) is 0 Å². The van der Waals surface area contributed by atoms with E-state index >= 15 is 0 Å². The zero-order chi connectivity index (χ0) is 13.8. The Bertz CT molecular complexity index is 309. The molecule has 0 aromatic carbocycles. The normalized spacial score (nSPS) is 26.4. The van der Waals surface area contributed by atoms with Gasteiger partial charge in [0, 0.05) is 0 Å². The summed E-state index contributed by atoms with van der Waals surface area (Å²) in [5.41, 5.74) is -0.206. The number of carbonyl (C=O) groups excluding carboxylic acids is 2. The van der Waals surface area contributed by atoms with Crippen LogP contribution in [0.2, 0.25) is 0 Å². The SMILES string of the molecule is CCOC(=O)C1CCCC(C)(C)C1C(=O)OCC. The fourth-order valence-electron chi connectivity index (χ4n) is 2.86. The van der Waals surface area contributed by atoms with Gasteiger partial charge in [0.25, 0.3) is 0 Å². The summed E-state index contributed by atoms with van der Waals surface area (Å²) < 4.78 is 10.2. The molecule has 1 fully saturated rings. The maximum absolute atomic E-state index is 12.1. The molecule has 0 aromatic rings. The van der Waals surface area contributed by atoms with E-state index in [1.54, 1.807) is 13.8 Å². The van der Waals surface area contributed by atoms with E-state index in [2.05, 4.69) is 0 Å². The van der Waals surface area contributed by atoms with Crippen molar-refractivity contribution in [1.29, 1.82) is 0 Å². The minimum Gasteiger partial charge on any atom is -0.466 e. The number of ether oxygens (including phenoxy) is 2. The topological polar surface area (TPSA) is 52.6 Å². The molecule has 2 unspecified atom stereocenters. The van der Waals surface area contributed by atoms with Crippen molar-refractivity contribution in [3.05, 3.63) is 0 Å². The average molecular weight is 256 g/mol. The maximum Gasteiger partial charge on any atom is 0.310 e. The van der Waals surface area contributed by atoms with Crippen molar-refractivity contribution >= 4 is 11.9 Å². The second-order valence-corrected chi connectivity index (χ2v) is 5.47. The third-order valence-corrected chi connectivity index (χ3v) is 3.71. The molecule has 1 rings (SSSR count). The van der Waals surface area contributed by atoms with Gasteiger partial charge in [-0.2, -0.15) is 0 Å². The van der Waals surface area contributed by atoms with E-state index in [-0.39, 0.29) is 29.2 Å². The first-order chi connectivity index (χ1) is 8.44. The maximum atomic E-state index is 12.1. The summed E-state index contributed by atoms with van der Waals surface area (Å²) in [6.45, 7) is 8.32. The van der Waals surface area contributed by atoms with Crippen LogP contribution in [0.4, 0.5) is 0 Å². The predicted molar refractivity (Wildman–Crippen MR) is 67.9 cm³/mol. The quantitative estimate of drug-likeness (QED) is 0.725. The molecule has 0 saturated heterocycles. The van der Waals surface area contributed by atoms with Crippen LogP contribution in [0, 0.1) is 17.3 Å². The van der Waals surface area contributed by atoms with E-state index in [9.17, 15) is 9.59 Å². The molecule has 104 valence electrons. The molecule has 0 amide bonds. The van der Waals surface area contributed by atoms with Crippen LogP contribution in [0.1, 0.15) is 47.0 Å². The van der Waals surface area contributed by atoms with Gasteiger partial charge in [-0.3, -0.25) is 9.59 Å². The van der Waals surface area contributed by atoms with Gasteiger partial charge in [0.2, 0.25) is 0 Å². The molecule has 1 aliphatic carbocycles. The zero-order valence-electron chi connectivity index (χ0n) is 11.8. The zero-order valence-corrected chi connectivity index (χ0v) is 11.8. The van der Waals surface area contributed by atoms with Gasteiger partial charge in [0.15, 0.2) is 0 Å². The van der Waals surface area contributed by atoms with Gasteiger partial charge in [-0.25, -0.2) is 0 Å². The lowest BCUT2D eigenvalue weighted by Gasteiger charge is -2.41. The molecular weight excluding hydrogens is 232 g/mol. The van der Waals surface area contributed by atoms with Gasteiger partial charge in [-0.15, -0.1) is 0 Å². The average Bonchev–Trinajstić information content (AvgIpc) is 2.27. The van der Waals surface area contributed by atoms with Crippen LogP contribution in [0.3, 0.4) is 0 Å². The molecule has 18 heavy (non-hydrogen) atoms. The van der Waals surface area contributed by atoms with Gasteiger partial charge < -0.3 is 9.47 Å². The Hall–Kier alpha value is -1.06. The van der Waals surface area contributed by atoms with Gasteiger partial charge >= 0.3 is 11.9 Å². The largest absolute Gasteiger partial charge is 0.466 e. The highest BCUT2D eigenvalue weighted by molar-refractivity contribution is 5.83. The van der Waals surface area contributed by atoms with Gasteiger partial charge in [-0.05, 0) is 32.1 Å². The van der Waals surface area contributed by atoms with Crippen molar-refractivity contribution in [3.8, 4) is 0 Å². The van der Waals surface area contributed by atoms with Crippen LogP contribution in [0.5, 0.6) is 0 Å². The summed E-state index contributed by atoms with van der Waals surface area (Å²) in [7, 11) is 0. The van der Waals surface area contributed by atoms with Gasteiger partial charge in [0.05, 0.1) is 25.0 Å². The van der Waals surface area contributed by atoms with Crippen molar-refractivity contribution in [2.24, 2.45) is 17.3 Å². The first kappa shape index (κ1) is 15.0. The lowest BCUT2D eigenvalue weighted by atomic mass is 9.63. The van der Waals surface area contributed by atoms with E-state index in [4.69, 9.17) is 9.47 Å². The lowest BCUT2D eigenvalue weighted by Crippen LogP contribution is -2.44. The molecule has 0 heterocycles. The fourth-order valence-corrected chi connectivity index (χ4v) is 2.86. The molecule has 2 atom stereocenters. The molecule has 0 aliphatic heterocycles. The van der Waals surface area contributed by atoms with Crippen molar-refractivity contribution < 1.29 is 19.1 Å². The predicted octanol–water partition coefficient (Wildman–Crippen LogP) is 2.56. The second-order valence-electron chi connectivity index (χ2n) is 5.47. The van der Waals surface area contributed by atoms with Crippen molar-refractivity contribution in [3.63, 3.8) is 0 Å². The molecule has 1 aliphatic rings. The molecule has 0 bridgehead atoms. The molecule has 0 radical (unpaired) electrons. The molecule has 4 nitrogen and oxygen atoms in total. The number of rotatable bonds is 4. The van der Waals surface area contributed by atoms with E-state index in [1.807, 2.05) is 13.8 Å². The summed E-state index contributed by atoms with van der Waals surface area (Å²) in [4.78, 5) is 24.1. The van der Waals surface area contributed by atoms with Crippen LogP contribution >= 0.6 is 0 Å². The van der Waals surface area contributed by atoms with Crippen LogP contribution in [0.25, 0.3) is 0 Å². The third-order valence-electron chi connectivity index (χ3n) is 3.71. The Morgan fingerprint density at radius 3 is 2.22 bits per heavy atom. The van der Waals surface area contributed by atoms with Crippen LogP contribution < -0.4 is 0 Å². The number of carbonyl (C=O) groups is 2. The Morgan fingerprint density at radius 2 is 1.67 bits per heavy atom. The smallest absolute Gasteiger partial charge is 0.310 e. The van der Waals surface area contributed by atoms with Crippen LogP contribution in [-0.4, -0.2) is 25.2 Å². The Balaban J connectivity index is 2.91. The minimum atomic E-state index is -0.384. The van der Waals surface area contributed by atoms with E-state index in [1.165, 1.54) is 0 Å².